The minimum atomic E-state index is -0.263. The molecule has 4 rings (SSSR count). The van der Waals surface area contributed by atoms with Crippen LogP contribution in [-0.2, 0) is 11.3 Å². The molecule has 1 saturated heterocycles. The number of para-hydroxylation sites is 1. The average Bonchev–Trinajstić information content (AvgIpc) is 3.21. The Kier molecular flexibility index (Phi) is 5.59. The van der Waals surface area contributed by atoms with E-state index in [-0.39, 0.29) is 11.4 Å². The fourth-order valence-corrected chi connectivity index (χ4v) is 4.73. The van der Waals surface area contributed by atoms with Gasteiger partial charge in [-0.1, -0.05) is 42.1 Å². The molecule has 1 unspecified atom stereocenters. The molecule has 1 aromatic heterocycles. The Labute approximate surface area is 180 Å². The third-order valence-corrected chi connectivity index (χ3v) is 6.27. The van der Waals surface area contributed by atoms with Crippen LogP contribution in [0.25, 0.3) is 17.0 Å². The lowest BCUT2D eigenvalue weighted by Crippen LogP contribution is -2.31. The highest BCUT2D eigenvalue weighted by molar-refractivity contribution is 8.05. The fraction of sp³-hybridized carbons (Fsp3) is 0.208. The standard InChI is InChI=1S/C24H25N3O2S/c1-5-12-27-16(3)18(17-8-6-7-9-20(17)27)14-22-23(28)26-24(30-22)25-19-13-15(2)10-11-21(19)29-4/h5-11,13-14,24-25H,1,12H2,2-4H3,(H,26,28)/b22-14-. The van der Waals surface area contributed by atoms with Crippen LogP contribution in [0.5, 0.6) is 5.75 Å². The SMILES string of the molecule is C=CCn1c(C)c(/C=C2\SC(Nc3cc(C)ccc3OC)NC2=O)c2ccccc21. The Morgan fingerprint density at radius 1 is 1.27 bits per heavy atom. The lowest BCUT2D eigenvalue weighted by molar-refractivity contribution is -0.116. The molecule has 2 aromatic carbocycles. The second-order valence-corrected chi connectivity index (χ2v) is 8.39. The predicted molar refractivity (Wildman–Crippen MR) is 126 cm³/mol. The molecular formula is C24H25N3O2S. The minimum Gasteiger partial charge on any atom is -0.495 e. The third kappa shape index (κ3) is 3.71. The van der Waals surface area contributed by atoms with Gasteiger partial charge >= 0.3 is 0 Å². The maximum Gasteiger partial charge on any atom is 0.260 e. The van der Waals surface area contributed by atoms with Crippen LogP contribution in [0, 0.1) is 13.8 Å². The molecule has 1 atom stereocenters. The fourth-order valence-electron chi connectivity index (χ4n) is 3.78. The van der Waals surface area contributed by atoms with Crippen LogP contribution in [0.2, 0.25) is 0 Å². The largest absolute Gasteiger partial charge is 0.495 e. The van der Waals surface area contributed by atoms with Crippen molar-refractivity contribution in [1.82, 2.24) is 9.88 Å². The number of methoxy groups -OCH3 is 1. The number of amides is 1. The summed E-state index contributed by atoms with van der Waals surface area (Å²) in [6.07, 6.45) is 3.88. The van der Waals surface area contributed by atoms with E-state index in [0.717, 1.165) is 45.7 Å². The smallest absolute Gasteiger partial charge is 0.260 e. The highest BCUT2D eigenvalue weighted by Gasteiger charge is 2.28. The molecule has 0 spiro atoms. The number of benzene rings is 2. The van der Waals surface area contributed by atoms with Crippen molar-refractivity contribution in [1.29, 1.82) is 0 Å². The summed E-state index contributed by atoms with van der Waals surface area (Å²) < 4.78 is 7.66. The number of aryl methyl sites for hydroxylation is 1. The molecule has 0 bridgehead atoms. The molecule has 2 N–H and O–H groups in total. The first-order chi connectivity index (χ1) is 14.5. The van der Waals surface area contributed by atoms with Crippen molar-refractivity contribution in [2.75, 3.05) is 12.4 Å². The van der Waals surface area contributed by atoms with E-state index in [4.69, 9.17) is 4.74 Å². The van der Waals surface area contributed by atoms with E-state index in [2.05, 4.69) is 40.8 Å². The van der Waals surface area contributed by atoms with Crippen molar-refractivity contribution in [3.05, 3.63) is 76.8 Å². The summed E-state index contributed by atoms with van der Waals surface area (Å²) in [7, 11) is 1.64. The first kappa shape index (κ1) is 20.2. The Morgan fingerprint density at radius 2 is 2.07 bits per heavy atom. The van der Waals surface area contributed by atoms with E-state index < -0.39 is 0 Å². The summed E-state index contributed by atoms with van der Waals surface area (Å²) in [6, 6.07) is 14.2. The van der Waals surface area contributed by atoms with Crippen molar-refractivity contribution in [2.45, 2.75) is 25.9 Å². The number of hydrogen-bond donors (Lipinski definition) is 2. The molecule has 0 saturated carbocycles. The maximum absolute atomic E-state index is 12.7. The van der Waals surface area contributed by atoms with Crippen molar-refractivity contribution in [3.8, 4) is 5.75 Å². The number of allylic oxidation sites excluding steroid dienone is 1. The van der Waals surface area contributed by atoms with Gasteiger partial charge in [0.15, 0.2) is 5.50 Å². The summed E-state index contributed by atoms with van der Waals surface area (Å²) in [6.45, 7) is 8.71. The zero-order valence-corrected chi connectivity index (χ0v) is 18.2. The first-order valence-electron chi connectivity index (χ1n) is 9.81. The summed E-state index contributed by atoms with van der Waals surface area (Å²) in [4.78, 5) is 13.4. The van der Waals surface area contributed by atoms with Gasteiger partial charge in [0.1, 0.15) is 5.75 Å². The number of fused-ring (bicyclic) bond motifs is 1. The van der Waals surface area contributed by atoms with Gasteiger partial charge in [0.25, 0.3) is 5.91 Å². The molecule has 6 heteroatoms. The number of ether oxygens (including phenoxy) is 1. The van der Waals surface area contributed by atoms with E-state index >= 15 is 0 Å². The van der Waals surface area contributed by atoms with Crippen molar-refractivity contribution >= 4 is 40.3 Å². The Bertz CT molecular complexity index is 1160. The van der Waals surface area contributed by atoms with Crippen molar-refractivity contribution < 1.29 is 9.53 Å². The van der Waals surface area contributed by atoms with Gasteiger partial charge in [-0.05, 0) is 43.7 Å². The van der Waals surface area contributed by atoms with E-state index in [1.165, 1.54) is 11.8 Å². The highest BCUT2D eigenvalue weighted by atomic mass is 32.2. The van der Waals surface area contributed by atoms with Gasteiger partial charge < -0.3 is 19.9 Å². The number of nitrogens with zero attached hydrogens (tertiary/aromatic N) is 1. The summed E-state index contributed by atoms with van der Waals surface area (Å²) in [5.74, 6) is 0.667. The van der Waals surface area contributed by atoms with Gasteiger partial charge in [0.2, 0.25) is 0 Å². The van der Waals surface area contributed by atoms with E-state index in [0.29, 0.717) is 4.91 Å². The lowest BCUT2D eigenvalue weighted by atomic mass is 10.1. The van der Waals surface area contributed by atoms with Gasteiger partial charge in [-0.3, -0.25) is 4.79 Å². The number of nitrogens with one attached hydrogen (secondary N) is 2. The molecule has 1 aliphatic heterocycles. The predicted octanol–water partition coefficient (Wildman–Crippen LogP) is 5.05. The normalized spacial score (nSPS) is 17.4. The Balaban J connectivity index is 1.65. The molecule has 2 heterocycles. The number of anilines is 1. The van der Waals surface area contributed by atoms with Crippen LogP contribution >= 0.6 is 11.8 Å². The molecule has 0 radical (unpaired) electrons. The molecule has 0 aliphatic carbocycles. The number of carbonyl (C=O) groups excluding carboxylic acids is 1. The molecule has 30 heavy (non-hydrogen) atoms. The zero-order valence-electron chi connectivity index (χ0n) is 17.4. The van der Waals surface area contributed by atoms with Gasteiger partial charge in [0.05, 0.1) is 17.7 Å². The Morgan fingerprint density at radius 3 is 2.83 bits per heavy atom. The number of thioether (sulfide) groups is 1. The van der Waals surface area contributed by atoms with Crippen molar-refractivity contribution in [2.24, 2.45) is 0 Å². The quantitative estimate of drug-likeness (QED) is 0.434. The summed E-state index contributed by atoms with van der Waals surface area (Å²) in [5, 5.41) is 7.51. The Hall–Kier alpha value is -3.12. The number of hydrogen-bond acceptors (Lipinski definition) is 4. The van der Waals surface area contributed by atoms with E-state index in [1.54, 1.807) is 7.11 Å². The number of rotatable bonds is 6. The van der Waals surface area contributed by atoms with E-state index in [9.17, 15) is 4.79 Å². The molecule has 3 aromatic rings. The van der Waals surface area contributed by atoms with Crippen LogP contribution in [0.1, 0.15) is 16.8 Å². The van der Waals surface area contributed by atoms with Crippen LogP contribution in [0.4, 0.5) is 5.69 Å². The second-order valence-electron chi connectivity index (χ2n) is 7.24. The lowest BCUT2D eigenvalue weighted by Gasteiger charge is -2.16. The van der Waals surface area contributed by atoms with Crippen LogP contribution < -0.4 is 15.4 Å². The van der Waals surface area contributed by atoms with Gasteiger partial charge in [-0.15, -0.1) is 6.58 Å². The summed E-state index contributed by atoms with van der Waals surface area (Å²) in [5.41, 5.74) is 5.04. The van der Waals surface area contributed by atoms with Crippen LogP contribution in [-0.4, -0.2) is 23.1 Å². The molecule has 1 amide bonds. The highest BCUT2D eigenvalue weighted by Crippen LogP contribution is 2.35. The minimum absolute atomic E-state index is 0.0796. The molecule has 1 fully saturated rings. The van der Waals surface area contributed by atoms with Gasteiger partial charge in [-0.2, -0.15) is 0 Å². The maximum atomic E-state index is 12.7. The first-order valence-corrected chi connectivity index (χ1v) is 10.7. The van der Waals surface area contributed by atoms with Gasteiger partial charge in [0, 0.05) is 28.7 Å². The third-order valence-electron chi connectivity index (χ3n) is 5.24. The topological polar surface area (TPSA) is 55.3 Å². The number of aromatic nitrogens is 1. The van der Waals surface area contributed by atoms with Gasteiger partial charge in [-0.25, -0.2) is 0 Å². The molecule has 5 nitrogen and oxygen atoms in total. The molecular weight excluding hydrogens is 394 g/mol. The zero-order chi connectivity index (χ0) is 21.3. The van der Waals surface area contributed by atoms with Crippen molar-refractivity contribution in [3.63, 3.8) is 0 Å². The molecule has 154 valence electrons. The van der Waals surface area contributed by atoms with E-state index in [1.807, 2.05) is 49.4 Å². The average molecular weight is 420 g/mol. The monoisotopic (exact) mass is 419 g/mol. The number of carbonyl (C=O) groups is 1. The second kappa shape index (κ2) is 8.32. The summed E-state index contributed by atoms with van der Waals surface area (Å²) >= 11 is 1.48. The molecule has 1 aliphatic rings. The van der Waals surface area contributed by atoms with Crippen LogP contribution in [0.3, 0.4) is 0 Å². The van der Waals surface area contributed by atoms with Crippen LogP contribution in [0.15, 0.2) is 60.0 Å².